The van der Waals surface area contributed by atoms with Crippen LogP contribution in [0.25, 0.3) is 11.0 Å². The molecule has 2 rings (SSSR count). The van der Waals surface area contributed by atoms with Gasteiger partial charge in [-0.1, -0.05) is 19.1 Å². The van der Waals surface area contributed by atoms with E-state index < -0.39 is 0 Å². The van der Waals surface area contributed by atoms with E-state index in [0.29, 0.717) is 11.1 Å². The van der Waals surface area contributed by atoms with Crippen LogP contribution in [0.4, 0.5) is 0 Å². The normalized spacial score (nSPS) is 12.9. The van der Waals surface area contributed by atoms with E-state index in [1.165, 1.54) is 0 Å². The van der Waals surface area contributed by atoms with Crippen LogP contribution < -0.4 is 11.4 Å². The fourth-order valence-electron chi connectivity index (χ4n) is 1.71. The molecule has 0 spiro atoms. The number of fused-ring (bicyclic) bond motifs is 1. The summed E-state index contributed by atoms with van der Waals surface area (Å²) in [4.78, 5) is 11.6. The van der Waals surface area contributed by atoms with Gasteiger partial charge in [0.1, 0.15) is 5.58 Å². The average molecular weight is 217 g/mol. The first-order valence-electron chi connectivity index (χ1n) is 5.44. The van der Waals surface area contributed by atoms with Crippen LogP contribution in [0.15, 0.2) is 33.5 Å². The minimum atomic E-state index is -0.337. The Morgan fingerprint density at radius 3 is 2.75 bits per heavy atom. The number of rotatable bonds is 2. The van der Waals surface area contributed by atoms with Crippen LogP contribution >= 0.6 is 0 Å². The van der Waals surface area contributed by atoms with Gasteiger partial charge in [-0.3, -0.25) is 0 Å². The Balaban J connectivity index is 2.69. The minimum Gasteiger partial charge on any atom is -0.422 e. The largest absolute Gasteiger partial charge is 0.422 e. The third-order valence-electron chi connectivity index (χ3n) is 2.73. The second-order valence-corrected chi connectivity index (χ2v) is 4.00. The summed E-state index contributed by atoms with van der Waals surface area (Å²) in [6.07, 6.45) is 0.925. The van der Waals surface area contributed by atoms with E-state index >= 15 is 0 Å². The van der Waals surface area contributed by atoms with Crippen molar-refractivity contribution in [2.24, 2.45) is 5.73 Å². The van der Waals surface area contributed by atoms with Gasteiger partial charge in [-0.05, 0) is 31.0 Å². The van der Waals surface area contributed by atoms with Gasteiger partial charge in [-0.25, -0.2) is 4.79 Å². The smallest absolute Gasteiger partial charge is 0.341 e. The second-order valence-electron chi connectivity index (χ2n) is 4.00. The molecule has 1 aromatic carbocycles. The lowest BCUT2D eigenvalue weighted by Crippen LogP contribution is -2.16. The SMILES string of the molecule is CCc1ccc2cc(C(C)N)c(=O)oc2c1. The molecule has 0 amide bonds. The van der Waals surface area contributed by atoms with Crippen molar-refractivity contribution in [3.63, 3.8) is 0 Å². The van der Waals surface area contributed by atoms with Gasteiger partial charge in [-0.2, -0.15) is 0 Å². The Morgan fingerprint density at radius 2 is 2.12 bits per heavy atom. The molecule has 2 N–H and O–H groups in total. The molecular formula is C13H15NO2. The van der Waals surface area contributed by atoms with E-state index in [1.807, 2.05) is 24.3 Å². The third kappa shape index (κ3) is 1.86. The molecule has 1 heterocycles. The van der Waals surface area contributed by atoms with Gasteiger partial charge >= 0.3 is 5.63 Å². The summed E-state index contributed by atoms with van der Waals surface area (Å²) in [6.45, 7) is 3.84. The van der Waals surface area contributed by atoms with Gasteiger partial charge in [0.2, 0.25) is 0 Å². The minimum absolute atomic E-state index is 0.300. The maximum Gasteiger partial charge on any atom is 0.341 e. The average Bonchev–Trinajstić information content (AvgIpc) is 2.27. The first-order valence-corrected chi connectivity index (χ1v) is 5.44. The lowest BCUT2D eigenvalue weighted by Gasteiger charge is -2.05. The fourth-order valence-corrected chi connectivity index (χ4v) is 1.71. The van der Waals surface area contributed by atoms with Crippen molar-refractivity contribution in [2.45, 2.75) is 26.3 Å². The Morgan fingerprint density at radius 1 is 1.38 bits per heavy atom. The van der Waals surface area contributed by atoms with Crippen molar-refractivity contribution in [1.82, 2.24) is 0 Å². The maximum absolute atomic E-state index is 11.6. The fraction of sp³-hybridized carbons (Fsp3) is 0.308. The van der Waals surface area contributed by atoms with Gasteiger partial charge in [0.15, 0.2) is 0 Å². The van der Waals surface area contributed by atoms with Crippen LogP contribution in [0.5, 0.6) is 0 Å². The van der Waals surface area contributed by atoms with Crippen LogP contribution in [-0.2, 0) is 6.42 Å². The molecule has 3 nitrogen and oxygen atoms in total. The number of aryl methyl sites for hydroxylation is 1. The summed E-state index contributed by atoms with van der Waals surface area (Å²) >= 11 is 0. The second kappa shape index (κ2) is 4.10. The molecule has 0 radical (unpaired) electrons. The summed E-state index contributed by atoms with van der Waals surface area (Å²) in [5, 5.41) is 0.920. The zero-order valence-electron chi connectivity index (χ0n) is 9.49. The van der Waals surface area contributed by atoms with Crippen molar-refractivity contribution >= 4 is 11.0 Å². The highest BCUT2D eigenvalue weighted by atomic mass is 16.4. The highest BCUT2D eigenvalue weighted by Gasteiger charge is 2.08. The number of hydrogen-bond donors (Lipinski definition) is 1. The summed E-state index contributed by atoms with van der Waals surface area (Å²) < 4.78 is 5.26. The van der Waals surface area contributed by atoms with Gasteiger partial charge in [0.25, 0.3) is 0 Å². The quantitative estimate of drug-likeness (QED) is 0.786. The highest BCUT2D eigenvalue weighted by Crippen LogP contribution is 2.17. The Bertz CT molecular complexity index is 570. The lowest BCUT2D eigenvalue weighted by atomic mass is 10.1. The number of nitrogens with two attached hydrogens (primary N) is 1. The molecular weight excluding hydrogens is 202 g/mol. The molecule has 0 saturated heterocycles. The van der Waals surface area contributed by atoms with E-state index in [-0.39, 0.29) is 11.7 Å². The van der Waals surface area contributed by atoms with Crippen molar-refractivity contribution in [3.8, 4) is 0 Å². The Labute approximate surface area is 93.9 Å². The molecule has 2 aromatic rings. The van der Waals surface area contributed by atoms with Gasteiger partial charge < -0.3 is 10.2 Å². The van der Waals surface area contributed by atoms with Crippen molar-refractivity contribution in [2.75, 3.05) is 0 Å². The van der Waals surface area contributed by atoms with Crippen molar-refractivity contribution < 1.29 is 4.42 Å². The Kier molecular flexibility index (Phi) is 2.79. The molecule has 1 atom stereocenters. The molecule has 1 unspecified atom stereocenters. The molecule has 84 valence electrons. The maximum atomic E-state index is 11.6. The molecule has 3 heteroatoms. The molecule has 0 fully saturated rings. The number of benzene rings is 1. The van der Waals surface area contributed by atoms with E-state index in [0.717, 1.165) is 17.4 Å². The molecule has 0 aliphatic heterocycles. The first kappa shape index (κ1) is 10.9. The van der Waals surface area contributed by atoms with Gasteiger partial charge in [0, 0.05) is 11.4 Å². The van der Waals surface area contributed by atoms with Crippen LogP contribution in [0, 0.1) is 0 Å². The van der Waals surface area contributed by atoms with Gasteiger partial charge in [-0.15, -0.1) is 0 Å². The van der Waals surface area contributed by atoms with Crippen molar-refractivity contribution in [3.05, 3.63) is 45.8 Å². The molecule has 16 heavy (non-hydrogen) atoms. The summed E-state index contributed by atoms with van der Waals surface area (Å²) in [6, 6.07) is 7.41. The highest BCUT2D eigenvalue weighted by molar-refractivity contribution is 5.77. The molecule has 0 aliphatic carbocycles. The summed E-state index contributed by atoms with van der Waals surface area (Å²) in [7, 11) is 0. The lowest BCUT2D eigenvalue weighted by molar-refractivity contribution is 0.541. The predicted molar refractivity (Wildman–Crippen MR) is 64.5 cm³/mol. The van der Waals surface area contributed by atoms with Crippen LogP contribution in [0.2, 0.25) is 0 Å². The van der Waals surface area contributed by atoms with Crippen LogP contribution in [0.1, 0.15) is 31.0 Å². The standard InChI is InChI=1S/C13H15NO2/c1-3-9-4-5-10-7-11(8(2)14)13(15)16-12(10)6-9/h4-8H,3,14H2,1-2H3. The molecule has 0 bridgehead atoms. The predicted octanol–water partition coefficient (Wildman–Crippen LogP) is 2.38. The van der Waals surface area contributed by atoms with Gasteiger partial charge in [0.05, 0.1) is 5.56 Å². The van der Waals surface area contributed by atoms with Crippen LogP contribution in [0.3, 0.4) is 0 Å². The summed E-state index contributed by atoms with van der Waals surface area (Å²) in [5.41, 5.74) is 7.68. The third-order valence-corrected chi connectivity index (χ3v) is 2.73. The van der Waals surface area contributed by atoms with E-state index in [4.69, 9.17) is 10.2 Å². The molecule has 0 saturated carbocycles. The van der Waals surface area contributed by atoms with E-state index in [2.05, 4.69) is 6.92 Å². The molecule has 0 aliphatic rings. The van der Waals surface area contributed by atoms with E-state index in [9.17, 15) is 4.79 Å². The zero-order valence-corrected chi connectivity index (χ0v) is 9.49. The monoisotopic (exact) mass is 217 g/mol. The first-order chi connectivity index (χ1) is 7.61. The summed E-state index contributed by atoms with van der Waals surface area (Å²) in [5.74, 6) is 0. The number of hydrogen-bond acceptors (Lipinski definition) is 3. The van der Waals surface area contributed by atoms with E-state index in [1.54, 1.807) is 6.92 Å². The molecule has 1 aromatic heterocycles. The zero-order chi connectivity index (χ0) is 11.7. The van der Waals surface area contributed by atoms with Crippen LogP contribution in [-0.4, -0.2) is 0 Å². The Hall–Kier alpha value is -1.61. The van der Waals surface area contributed by atoms with Crippen molar-refractivity contribution in [1.29, 1.82) is 0 Å². The topological polar surface area (TPSA) is 56.2 Å².